The number of rotatable bonds is 7. The average molecular weight is 334 g/mol. The molecule has 0 saturated carbocycles. The van der Waals surface area contributed by atoms with Gasteiger partial charge in [-0.2, -0.15) is 0 Å². The lowest BCUT2D eigenvalue weighted by Crippen LogP contribution is -2.42. The van der Waals surface area contributed by atoms with Crippen molar-refractivity contribution in [2.24, 2.45) is 0 Å². The van der Waals surface area contributed by atoms with Crippen LogP contribution in [0.15, 0.2) is 6.07 Å². The molecule has 0 aromatic carbocycles. The number of aromatic carboxylic acids is 1. The van der Waals surface area contributed by atoms with Crippen molar-refractivity contribution in [1.82, 2.24) is 4.72 Å². The minimum atomic E-state index is -3.51. The zero-order chi connectivity index (χ0) is 16.2. The summed E-state index contributed by atoms with van der Waals surface area (Å²) < 4.78 is 25.4. The molecule has 0 saturated heterocycles. The van der Waals surface area contributed by atoms with Crippen molar-refractivity contribution >= 4 is 38.2 Å². The fourth-order valence-electron chi connectivity index (χ4n) is 1.64. The summed E-state index contributed by atoms with van der Waals surface area (Å²) in [5.74, 6) is -1.81. The predicted octanol–water partition coefficient (Wildman–Crippen LogP) is 1.41. The molecule has 0 fully saturated rings. The van der Waals surface area contributed by atoms with Gasteiger partial charge in [0, 0.05) is 4.88 Å². The molecule has 21 heavy (non-hydrogen) atoms. The van der Waals surface area contributed by atoms with Gasteiger partial charge in [-0.3, -0.25) is 4.79 Å². The highest BCUT2D eigenvalue weighted by atomic mass is 32.2. The molecule has 0 bridgehead atoms. The molecule has 1 amide bonds. The number of carbonyl (C=O) groups excluding carboxylic acids is 1. The van der Waals surface area contributed by atoms with E-state index in [1.54, 1.807) is 13.8 Å². The maximum atomic E-state index is 12.0. The minimum absolute atomic E-state index is 0.00512. The van der Waals surface area contributed by atoms with E-state index < -0.39 is 27.9 Å². The summed E-state index contributed by atoms with van der Waals surface area (Å²) in [6.07, 6.45) is 0.441. The molecule has 0 aliphatic rings. The van der Waals surface area contributed by atoms with Crippen LogP contribution in [-0.2, 0) is 14.8 Å². The smallest absolute Gasteiger partial charge is 0.338 e. The van der Waals surface area contributed by atoms with Gasteiger partial charge in [0.2, 0.25) is 15.9 Å². The number of hydrogen-bond acceptors (Lipinski definition) is 5. The molecule has 0 radical (unpaired) electrons. The first-order valence-corrected chi connectivity index (χ1v) is 8.77. The second-order valence-corrected chi connectivity index (χ2v) is 7.68. The summed E-state index contributed by atoms with van der Waals surface area (Å²) in [6.45, 7) is 4.85. The third-order valence-electron chi connectivity index (χ3n) is 2.54. The molecular weight excluding hydrogens is 316 g/mol. The van der Waals surface area contributed by atoms with E-state index in [1.807, 2.05) is 0 Å². The Morgan fingerprint density at radius 3 is 2.57 bits per heavy atom. The second kappa shape index (κ2) is 7.01. The van der Waals surface area contributed by atoms with Crippen LogP contribution in [-0.4, -0.2) is 37.2 Å². The summed E-state index contributed by atoms with van der Waals surface area (Å²) in [4.78, 5) is 23.7. The van der Waals surface area contributed by atoms with E-state index in [2.05, 4.69) is 10.0 Å². The molecule has 1 heterocycles. The van der Waals surface area contributed by atoms with Crippen LogP contribution in [0.3, 0.4) is 0 Å². The largest absolute Gasteiger partial charge is 0.478 e. The number of anilines is 1. The molecule has 118 valence electrons. The quantitative estimate of drug-likeness (QED) is 0.698. The monoisotopic (exact) mass is 334 g/mol. The lowest BCUT2D eigenvalue weighted by molar-refractivity contribution is -0.117. The molecule has 1 aromatic heterocycles. The number of carbonyl (C=O) groups is 2. The van der Waals surface area contributed by atoms with Crippen molar-refractivity contribution in [2.45, 2.75) is 33.2 Å². The van der Waals surface area contributed by atoms with Gasteiger partial charge in [-0.25, -0.2) is 17.9 Å². The van der Waals surface area contributed by atoms with Crippen LogP contribution in [0.4, 0.5) is 5.00 Å². The van der Waals surface area contributed by atoms with E-state index in [0.717, 1.165) is 16.2 Å². The molecular formula is C12H18N2O5S2. The van der Waals surface area contributed by atoms with Crippen LogP contribution in [0.25, 0.3) is 0 Å². The van der Waals surface area contributed by atoms with Gasteiger partial charge in [0.1, 0.15) is 5.00 Å². The summed E-state index contributed by atoms with van der Waals surface area (Å²) >= 11 is 1.13. The number of aryl methyl sites for hydroxylation is 1. The van der Waals surface area contributed by atoms with Crippen molar-refractivity contribution < 1.29 is 23.1 Å². The van der Waals surface area contributed by atoms with E-state index in [0.29, 0.717) is 6.42 Å². The Morgan fingerprint density at radius 1 is 1.43 bits per heavy atom. The Bertz CT molecular complexity index is 636. The van der Waals surface area contributed by atoms with Gasteiger partial charge in [-0.15, -0.1) is 11.3 Å². The Morgan fingerprint density at radius 2 is 2.05 bits per heavy atom. The van der Waals surface area contributed by atoms with Crippen LogP contribution >= 0.6 is 11.3 Å². The first-order valence-electron chi connectivity index (χ1n) is 6.31. The maximum Gasteiger partial charge on any atom is 0.338 e. The summed E-state index contributed by atoms with van der Waals surface area (Å²) in [5.41, 5.74) is -0.00512. The molecule has 0 spiro atoms. The van der Waals surface area contributed by atoms with E-state index in [4.69, 9.17) is 5.11 Å². The lowest BCUT2D eigenvalue weighted by atomic mass is 10.3. The Kier molecular flexibility index (Phi) is 5.87. The van der Waals surface area contributed by atoms with Gasteiger partial charge in [0.05, 0.1) is 17.4 Å². The third kappa shape index (κ3) is 5.10. The second-order valence-electron chi connectivity index (χ2n) is 4.55. The SMILES string of the molecule is CCCS(=O)(=O)NC(C)C(=O)Nc1sc(C)cc1C(=O)O. The predicted molar refractivity (Wildman–Crippen MR) is 81.3 cm³/mol. The molecule has 0 aliphatic heterocycles. The van der Waals surface area contributed by atoms with Crippen molar-refractivity contribution in [3.05, 3.63) is 16.5 Å². The van der Waals surface area contributed by atoms with E-state index in [1.165, 1.54) is 13.0 Å². The van der Waals surface area contributed by atoms with Gasteiger partial charge in [-0.1, -0.05) is 6.92 Å². The highest BCUT2D eigenvalue weighted by Crippen LogP contribution is 2.27. The molecule has 1 atom stereocenters. The number of carboxylic acids is 1. The van der Waals surface area contributed by atoms with Crippen LogP contribution in [0, 0.1) is 6.92 Å². The fraction of sp³-hybridized carbons (Fsp3) is 0.500. The lowest BCUT2D eigenvalue weighted by Gasteiger charge is -2.13. The Hall–Kier alpha value is -1.45. The number of nitrogens with one attached hydrogen (secondary N) is 2. The zero-order valence-electron chi connectivity index (χ0n) is 12.0. The first-order chi connectivity index (χ1) is 9.66. The normalized spacial score (nSPS) is 12.9. The van der Waals surface area contributed by atoms with E-state index in [-0.39, 0.29) is 16.3 Å². The highest BCUT2D eigenvalue weighted by Gasteiger charge is 2.22. The van der Waals surface area contributed by atoms with Crippen LogP contribution < -0.4 is 10.0 Å². The van der Waals surface area contributed by atoms with Crippen LogP contribution in [0.5, 0.6) is 0 Å². The van der Waals surface area contributed by atoms with E-state index >= 15 is 0 Å². The molecule has 1 unspecified atom stereocenters. The Balaban J connectivity index is 2.80. The van der Waals surface area contributed by atoms with Crippen molar-refractivity contribution in [3.63, 3.8) is 0 Å². The number of thiophene rings is 1. The summed E-state index contributed by atoms with van der Waals surface area (Å²) in [5, 5.41) is 11.7. The fourth-order valence-corrected chi connectivity index (χ4v) is 3.84. The average Bonchev–Trinajstić information content (AvgIpc) is 2.69. The molecule has 1 aromatic rings. The number of hydrogen-bond donors (Lipinski definition) is 3. The van der Waals surface area contributed by atoms with Crippen LogP contribution in [0.1, 0.15) is 35.5 Å². The minimum Gasteiger partial charge on any atom is -0.478 e. The zero-order valence-corrected chi connectivity index (χ0v) is 13.6. The molecule has 1 rings (SSSR count). The van der Waals surface area contributed by atoms with E-state index in [9.17, 15) is 18.0 Å². The molecule has 3 N–H and O–H groups in total. The topological polar surface area (TPSA) is 113 Å². The van der Waals surface area contributed by atoms with Gasteiger partial charge in [-0.05, 0) is 26.3 Å². The standard InChI is InChI=1S/C12H18N2O5S2/c1-4-5-21(18,19)14-8(3)10(15)13-11-9(12(16)17)6-7(2)20-11/h6,8,14H,4-5H2,1-3H3,(H,13,15)(H,16,17). The van der Waals surface area contributed by atoms with Crippen molar-refractivity contribution in [3.8, 4) is 0 Å². The van der Waals surface area contributed by atoms with Gasteiger partial charge in [0.15, 0.2) is 0 Å². The van der Waals surface area contributed by atoms with Crippen molar-refractivity contribution in [1.29, 1.82) is 0 Å². The van der Waals surface area contributed by atoms with Crippen LogP contribution in [0.2, 0.25) is 0 Å². The van der Waals surface area contributed by atoms with Gasteiger partial charge < -0.3 is 10.4 Å². The Labute approximate surface area is 127 Å². The van der Waals surface area contributed by atoms with Crippen molar-refractivity contribution in [2.75, 3.05) is 11.1 Å². The summed E-state index contributed by atoms with van der Waals surface area (Å²) in [6, 6.07) is 0.472. The number of amides is 1. The molecule has 7 nitrogen and oxygen atoms in total. The van der Waals surface area contributed by atoms with Gasteiger partial charge in [0.25, 0.3) is 0 Å². The first kappa shape index (κ1) is 17.6. The summed E-state index contributed by atoms with van der Waals surface area (Å²) in [7, 11) is -3.51. The van der Waals surface area contributed by atoms with Gasteiger partial charge >= 0.3 is 5.97 Å². The highest BCUT2D eigenvalue weighted by molar-refractivity contribution is 7.89. The number of sulfonamides is 1. The maximum absolute atomic E-state index is 12.0. The molecule has 9 heteroatoms. The third-order valence-corrected chi connectivity index (χ3v) is 5.17. The molecule has 0 aliphatic carbocycles. The number of carboxylic acid groups (broad SMARTS) is 1.